The molecule has 5 nitrogen and oxygen atoms in total. The van der Waals surface area contributed by atoms with Crippen LogP contribution in [0, 0.1) is 0 Å². The Morgan fingerprint density at radius 3 is 1.62 bits per heavy atom. The van der Waals surface area contributed by atoms with E-state index in [4.69, 9.17) is 5.11 Å². The molecule has 0 aromatic heterocycles. The molecule has 0 atom stereocenters. The number of rotatable bonds is 1. The molecule has 0 saturated carbocycles. The van der Waals surface area contributed by atoms with E-state index in [0.717, 1.165) is 0 Å². The van der Waals surface area contributed by atoms with Gasteiger partial charge in [-0.15, -0.1) is 0 Å². The van der Waals surface area contributed by atoms with Crippen LogP contribution in [-0.2, 0) is 4.79 Å². The molecular weight excluding hydrogens is 121 g/mol. The van der Waals surface area contributed by atoms with E-state index in [1.165, 1.54) is 0 Å². The minimum Gasteiger partial charge on any atom is -0.480 e. The fourth-order valence-electron chi connectivity index (χ4n) is 0. The summed E-state index contributed by atoms with van der Waals surface area (Å²) in [4.78, 5) is 9.24. The van der Waals surface area contributed by atoms with Crippen molar-refractivity contribution in [1.29, 1.82) is 0 Å². The van der Waals surface area contributed by atoms with E-state index in [-0.39, 0.29) is 36.1 Å². The smallest absolute Gasteiger partial charge is 0.480 e. The molecule has 0 heterocycles. The summed E-state index contributed by atoms with van der Waals surface area (Å²) in [6.45, 7) is -0.278. The van der Waals surface area contributed by atoms with Gasteiger partial charge in [0.1, 0.15) is 0 Å². The van der Waals surface area contributed by atoms with Crippen LogP contribution in [0.5, 0.6) is 0 Å². The van der Waals surface area contributed by atoms with Gasteiger partial charge in [-0.2, -0.15) is 0 Å². The Balaban J connectivity index is -0.0000000750. The molecule has 0 rings (SSSR count). The van der Waals surface area contributed by atoms with Gasteiger partial charge in [-0.3, -0.25) is 16.5 Å². The summed E-state index contributed by atoms with van der Waals surface area (Å²) in [5.74, 6) is 7.03. The normalized spacial score (nSPS) is 5.38. The van der Waals surface area contributed by atoms with E-state index in [1.54, 1.807) is 0 Å². The summed E-state index contributed by atoms with van der Waals surface area (Å²) in [5, 5.41) is 7.60. The standard InChI is InChI=1S/C2H5NO2.H4N2.Na/c3-1-2(4)5;1-2;/h1,3H2,(H,4,5);1-2H2;/q;;+1. The minimum atomic E-state index is -0.968. The zero-order chi connectivity index (χ0) is 6.28. The van der Waals surface area contributed by atoms with Crippen molar-refractivity contribution in [3.05, 3.63) is 0 Å². The van der Waals surface area contributed by atoms with Crippen molar-refractivity contribution < 1.29 is 39.5 Å². The number of aliphatic carboxylic acids is 1. The van der Waals surface area contributed by atoms with Crippen LogP contribution < -0.4 is 47.0 Å². The van der Waals surface area contributed by atoms with Crippen LogP contribution in [-0.4, -0.2) is 17.6 Å². The van der Waals surface area contributed by atoms with Gasteiger partial charge in [-0.1, -0.05) is 0 Å². The number of hydrogen-bond donors (Lipinski definition) is 4. The molecule has 0 unspecified atom stereocenters. The molecule has 0 spiro atoms. The van der Waals surface area contributed by atoms with Crippen LogP contribution in [0.1, 0.15) is 0 Å². The van der Waals surface area contributed by atoms with Crippen molar-refractivity contribution in [3.63, 3.8) is 0 Å². The van der Waals surface area contributed by atoms with Gasteiger partial charge in [0.25, 0.3) is 0 Å². The molecule has 0 fully saturated rings. The first-order valence-corrected chi connectivity index (χ1v) is 1.52. The Kier molecular flexibility index (Phi) is 30.9. The SMILES string of the molecule is NCC(=O)O.NN.[Na+]. The van der Waals surface area contributed by atoms with Crippen LogP contribution >= 0.6 is 0 Å². The van der Waals surface area contributed by atoms with Gasteiger partial charge in [0, 0.05) is 0 Å². The van der Waals surface area contributed by atoms with E-state index < -0.39 is 5.97 Å². The van der Waals surface area contributed by atoms with E-state index >= 15 is 0 Å². The molecule has 0 aliphatic rings. The average Bonchev–Trinajstić information content (AvgIpc) is 1.73. The Labute approximate surface area is 69.5 Å². The molecule has 6 heteroatoms. The van der Waals surface area contributed by atoms with Gasteiger partial charge in [-0.25, -0.2) is 0 Å². The Hall–Kier alpha value is 0.350. The largest absolute Gasteiger partial charge is 1.00 e. The van der Waals surface area contributed by atoms with E-state index in [0.29, 0.717) is 0 Å². The third kappa shape index (κ3) is 32.9. The number of nitrogens with two attached hydrogens (primary N) is 3. The fraction of sp³-hybridized carbons (Fsp3) is 0.500. The summed E-state index contributed by atoms with van der Waals surface area (Å²) >= 11 is 0. The quantitative estimate of drug-likeness (QED) is 0.161. The first-order valence-electron chi connectivity index (χ1n) is 1.52. The van der Waals surface area contributed by atoms with Gasteiger partial charge in [0.05, 0.1) is 6.54 Å². The molecule has 0 amide bonds. The number of carboxylic acids is 1. The maximum Gasteiger partial charge on any atom is 1.00 e. The Morgan fingerprint density at radius 2 is 1.62 bits per heavy atom. The van der Waals surface area contributed by atoms with Crippen molar-refractivity contribution in [2.45, 2.75) is 0 Å². The number of hydrogen-bond acceptors (Lipinski definition) is 4. The summed E-state index contributed by atoms with van der Waals surface area (Å²) in [6.07, 6.45) is 0. The molecule has 8 heavy (non-hydrogen) atoms. The summed E-state index contributed by atoms with van der Waals surface area (Å²) in [6, 6.07) is 0. The second-order valence-electron chi connectivity index (χ2n) is 0.598. The van der Waals surface area contributed by atoms with Crippen molar-refractivity contribution in [3.8, 4) is 0 Å². The third-order valence-electron chi connectivity index (χ3n) is 0.175. The monoisotopic (exact) mass is 130 g/mol. The summed E-state index contributed by atoms with van der Waals surface area (Å²) < 4.78 is 0. The van der Waals surface area contributed by atoms with Crippen LogP contribution in [0.2, 0.25) is 0 Å². The predicted molar refractivity (Wildman–Crippen MR) is 25.1 cm³/mol. The molecule has 0 saturated heterocycles. The number of carboxylic acid groups (broad SMARTS) is 1. The predicted octanol–water partition coefficient (Wildman–Crippen LogP) is -5.15. The third-order valence-corrected chi connectivity index (χ3v) is 0.175. The zero-order valence-electron chi connectivity index (χ0n) is 4.79. The second-order valence-corrected chi connectivity index (χ2v) is 0.598. The van der Waals surface area contributed by atoms with Crippen molar-refractivity contribution in [2.24, 2.45) is 17.4 Å². The van der Waals surface area contributed by atoms with Gasteiger partial charge in [0.2, 0.25) is 0 Å². The average molecular weight is 130 g/mol. The number of hydrazine groups is 1. The second kappa shape index (κ2) is 15.7. The summed E-state index contributed by atoms with van der Waals surface area (Å²) in [7, 11) is 0. The first-order chi connectivity index (χ1) is 3.27. The van der Waals surface area contributed by atoms with E-state index in [1.807, 2.05) is 0 Å². The molecular formula is C2H9N3NaO2+. The number of carbonyl (C=O) groups is 1. The van der Waals surface area contributed by atoms with Crippen LogP contribution in [0.25, 0.3) is 0 Å². The first kappa shape index (κ1) is 15.8. The Bertz CT molecular complexity index is 50.5. The molecule has 0 bridgehead atoms. The van der Waals surface area contributed by atoms with Crippen LogP contribution in [0.3, 0.4) is 0 Å². The molecule has 0 aliphatic carbocycles. The van der Waals surface area contributed by atoms with Gasteiger partial charge < -0.3 is 10.8 Å². The van der Waals surface area contributed by atoms with Crippen LogP contribution in [0.15, 0.2) is 0 Å². The van der Waals surface area contributed by atoms with Gasteiger partial charge in [0.15, 0.2) is 0 Å². The van der Waals surface area contributed by atoms with Crippen molar-refractivity contribution >= 4 is 5.97 Å². The maximum atomic E-state index is 9.24. The minimum absolute atomic E-state index is 0. The molecule has 44 valence electrons. The zero-order valence-corrected chi connectivity index (χ0v) is 6.79. The van der Waals surface area contributed by atoms with E-state index in [9.17, 15) is 4.79 Å². The van der Waals surface area contributed by atoms with Crippen molar-refractivity contribution in [1.82, 2.24) is 0 Å². The fourth-order valence-corrected chi connectivity index (χ4v) is 0. The van der Waals surface area contributed by atoms with Gasteiger partial charge >= 0.3 is 35.5 Å². The Morgan fingerprint density at radius 1 is 1.50 bits per heavy atom. The maximum absolute atomic E-state index is 9.24. The van der Waals surface area contributed by atoms with Crippen LogP contribution in [0.4, 0.5) is 0 Å². The molecule has 0 aromatic rings. The van der Waals surface area contributed by atoms with E-state index in [2.05, 4.69) is 17.4 Å². The molecule has 0 aliphatic heterocycles. The summed E-state index contributed by atoms with van der Waals surface area (Å²) in [5.41, 5.74) is 4.57. The van der Waals surface area contributed by atoms with Gasteiger partial charge in [-0.05, 0) is 0 Å². The van der Waals surface area contributed by atoms with Crippen molar-refractivity contribution in [2.75, 3.05) is 6.54 Å². The molecule has 0 radical (unpaired) electrons. The topological polar surface area (TPSA) is 115 Å². The molecule has 7 N–H and O–H groups in total. The molecule has 0 aromatic carbocycles.